The Balaban J connectivity index is 4.28. The van der Waals surface area contributed by atoms with Crippen molar-refractivity contribution in [3.8, 4) is 0 Å². The fourth-order valence-corrected chi connectivity index (χ4v) is 1.89. The van der Waals surface area contributed by atoms with E-state index in [-0.39, 0.29) is 5.92 Å². The normalized spacial score (nSPS) is 14.5. The van der Waals surface area contributed by atoms with Crippen LogP contribution in [0.4, 0.5) is 0 Å². The molecule has 4 N–H and O–H groups in total. The minimum Gasteiger partial charge on any atom is -0.480 e. The Morgan fingerprint density at radius 1 is 1.54 bits per heavy atom. The molecule has 0 aromatic heterocycles. The van der Waals surface area contributed by atoms with Crippen molar-refractivity contribution < 1.29 is 19.7 Å². The van der Waals surface area contributed by atoms with Crippen LogP contribution in [0.25, 0.3) is 0 Å². The lowest BCUT2D eigenvalue weighted by Crippen LogP contribution is -2.35. The molecule has 0 saturated heterocycles. The Morgan fingerprint density at radius 3 is 2.23 bits per heavy atom. The van der Waals surface area contributed by atoms with Crippen LogP contribution in [0.3, 0.4) is 0 Å². The SMILES string of the molecule is CC(C)CC(NP(O)(O)=S)C(=O)O. The third-order valence-corrected chi connectivity index (χ3v) is 2.29. The fraction of sp³-hybridized carbons (Fsp3) is 0.833. The highest BCUT2D eigenvalue weighted by Crippen LogP contribution is 2.30. The maximum absolute atomic E-state index is 10.6. The van der Waals surface area contributed by atoms with E-state index in [0.717, 1.165) is 0 Å². The second kappa shape index (κ2) is 5.02. The number of hydrogen-bond donors (Lipinski definition) is 4. The van der Waals surface area contributed by atoms with Gasteiger partial charge in [-0.2, -0.15) is 0 Å². The van der Waals surface area contributed by atoms with Crippen LogP contribution in [-0.2, 0) is 16.6 Å². The third kappa shape index (κ3) is 7.10. The van der Waals surface area contributed by atoms with Gasteiger partial charge >= 0.3 is 5.97 Å². The lowest BCUT2D eigenvalue weighted by Gasteiger charge is -2.18. The second-order valence-electron chi connectivity index (χ2n) is 3.19. The van der Waals surface area contributed by atoms with Crippen LogP contribution >= 0.6 is 6.64 Å². The molecule has 5 nitrogen and oxygen atoms in total. The zero-order chi connectivity index (χ0) is 10.6. The maximum Gasteiger partial charge on any atom is 0.321 e. The van der Waals surface area contributed by atoms with Gasteiger partial charge in [-0.05, 0) is 24.1 Å². The molecule has 78 valence electrons. The van der Waals surface area contributed by atoms with Crippen LogP contribution in [0.2, 0.25) is 0 Å². The van der Waals surface area contributed by atoms with Gasteiger partial charge in [-0.25, -0.2) is 5.09 Å². The fourth-order valence-electron chi connectivity index (χ4n) is 0.883. The van der Waals surface area contributed by atoms with Crippen molar-refractivity contribution in [2.24, 2.45) is 5.92 Å². The van der Waals surface area contributed by atoms with E-state index < -0.39 is 18.7 Å². The first-order valence-corrected chi connectivity index (χ1v) is 6.49. The Bertz CT molecular complexity index is 227. The molecule has 0 aliphatic heterocycles. The molecule has 0 radical (unpaired) electrons. The van der Waals surface area contributed by atoms with Crippen molar-refractivity contribution in [1.82, 2.24) is 5.09 Å². The summed E-state index contributed by atoms with van der Waals surface area (Å²) in [5.74, 6) is -0.971. The van der Waals surface area contributed by atoms with Gasteiger partial charge in [-0.1, -0.05) is 13.8 Å². The minimum absolute atomic E-state index is 0.148. The lowest BCUT2D eigenvalue weighted by molar-refractivity contribution is -0.139. The molecule has 1 unspecified atom stereocenters. The molecule has 0 bridgehead atoms. The molecule has 0 aliphatic carbocycles. The van der Waals surface area contributed by atoms with Gasteiger partial charge in [-0.3, -0.25) is 4.79 Å². The molecule has 0 fully saturated rings. The molecule has 0 aliphatic rings. The van der Waals surface area contributed by atoms with Gasteiger partial charge in [0.1, 0.15) is 6.04 Å². The number of aliphatic carboxylic acids is 1. The van der Waals surface area contributed by atoms with Crippen LogP contribution in [0.15, 0.2) is 0 Å². The molecule has 0 spiro atoms. The highest BCUT2D eigenvalue weighted by Gasteiger charge is 2.23. The first-order valence-electron chi connectivity index (χ1n) is 3.78. The molecule has 0 amide bonds. The van der Waals surface area contributed by atoms with Gasteiger partial charge in [0, 0.05) is 0 Å². The van der Waals surface area contributed by atoms with Gasteiger partial charge in [0.2, 0.25) is 0 Å². The number of hydrogen-bond acceptors (Lipinski definition) is 2. The van der Waals surface area contributed by atoms with Gasteiger partial charge in [0.15, 0.2) is 0 Å². The van der Waals surface area contributed by atoms with Crippen LogP contribution in [0, 0.1) is 5.92 Å². The van der Waals surface area contributed by atoms with Gasteiger partial charge in [0.05, 0.1) is 0 Å². The number of carbonyl (C=O) groups is 1. The zero-order valence-electron chi connectivity index (χ0n) is 7.47. The molecule has 0 aromatic rings. The van der Waals surface area contributed by atoms with E-state index in [1.165, 1.54) is 0 Å². The monoisotopic (exact) mass is 227 g/mol. The number of carboxylic acid groups (broad SMARTS) is 1. The quantitative estimate of drug-likeness (QED) is 0.504. The minimum atomic E-state index is -3.63. The van der Waals surface area contributed by atoms with Crippen molar-refractivity contribution >= 4 is 24.4 Å². The first kappa shape index (κ1) is 13.0. The van der Waals surface area contributed by atoms with Crippen LogP contribution in [0.1, 0.15) is 20.3 Å². The summed E-state index contributed by atoms with van der Waals surface area (Å²) >= 11 is 4.28. The lowest BCUT2D eigenvalue weighted by atomic mass is 10.1. The van der Waals surface area contributed by atoms with E-state index in [9.17, 15) is 4.79 Å². The van der Waals surface area contributed by atoms with E-state index in [4.69, 9.17) is 14.9 Å². The Hall–Kier alpha value is 0. The Morgan fingerprint density at radius 2 is 2.00 bits per heavy atom. The van der Waals surface area contributed by atoms with Gasteiger partial charge in [-0.15, -0.1) is 0 Å². The highest BCUT2D eigenvalue weighted by atomic mass is 32.5. The van der Waals surface area contributed by atoms with E-state index >= 15 is 0 Å². The number of nitrogens with one attached hydrogen (secondary N) is 1. The van der Waals surface area contributed by atoms with Crippen LogP contribution in [-0.4, -0.2) is 26.9 Å². The third-order valence-electron chi connectivity index (χ3n) is 1.33. The summed E-state index contributed by atoms with van der Waals surface area (Å²) in [5.41, 5.74) is 0. The van der Waals surface area contributed by atoms with Crippen molar-refractivity contribution in [2.45, 2.75) is 26.3 Å². The Kier molecular flexibility index (Phi) is 5.02. The van der Waals surface area contributed by atoms with E-state index in [1.807, 2.05) is 13.8 Å². The predicted molar refractivity (Wildman–Crippen MR) is 52.7 cm³/mol. The van der Waals surface area contributed by atoms with E-state index in [1.54, 1.807) is 0 Å². The summed E-state index contributed by atoms with van der Waals surface area (Å²) in [5, 5.41) is 10.8. The largest absolute Gasteiger partial charge is 0.480 e. The summed E-state index contributed by atoms with van der Waals surface area (Å²) < 4.78 is 0. The average molecular weight is 227 g/mol. The number of carboxylic acids is 1. The summed E-state index contributed by atoms with van der Waals surface area (Å²) in [6.07, 6.45) is 0.314. The van der Waals surface area contributed by atoms with Gasteiger partial charge < -0.3 is 14.9 Å². The van der Waals surface area contributed by atoms with Gasteiger partial charge in [0.25, 0.3) is 6.64 Å². The zero-order valence-corrected chi connectivity index (χ0v) is 9.18. The topological polar surface area (TPSA) is 89.8 Å². The second-order valence-corrected chi connectivity index (χ2v) is 6.07. The first-order chi connectivity index (χ1) is 5.72. The van der Waals surface area contributed by atoms with Crippen molar-refractivity contribution in [3.05, 3.63) is 0 Å². The molecule has 0 rings (SSSR count). The number of rotatable bonds is 5. The summed E-state index contributed by atoms with van der Waals surface area (Å²) in [6.45, 7) is 0.0568. The van der Waals surface area contributed by atoms with Crippen LogP contribution in [0.5, 0.6) is 0 Å². The van der Waals surface area contributed by atoms with Crippen molar-refractivity contribution in [3.63, 3.8) is 0 Å². The van der Waals surface area contributed by atoms with Crippen molar-refractivity contribution in [1.29, 1.82) is 0 Å². The van der Waals surface area contributed by atoms with E-state index in [0.29, 0.717) is 6.42 Å². The molecule has 13 heavy (non-hydrogen) atoms. The maximum atomic E-state index is 10.6. The highest BCUT2D eigenvalue weighted by molar-refractivity contribution is 8.08. The molecule has 7 heteroatoms. The Labute approximate surface area is 82.0 Å². The summed E-state index contributed by atoms with van der Waals surface area (Å²) in [4.78, 5) is 28.3. The molecule has 0 saturated carbocycles. The molecule has 0 heterocycles. The molecular formula is C6H14NO4PS. The molecule has 0 aromatic carbocycles. The average Bonchev–Trinajstić information content (AvgIpc) is 1.81. The van der Waals surface area contributed by atoms with E-state index in [2.05, 4.69) is 16.9 Å². The standard InChI is InChI=1S/C6H14NO4PS/c1-4(2)3-5(6(8)9)7-12(10,11)13/h4-5H,3H2,1-2H3,(H,8,9)(H3,7,10,11,13). The predicted octanol–water partition coefficient (Wildman–Crippen LogP) is 0.284. The smallest absolute Gasteiger partial charge is 0.321 e. The summed E-state index contributed by atoms with van der Waals surface area (Å²) in [7, 11) is 0. The summed E-state index contributed by atoms with van der Waals surface area (Å²) in [6, 6.07) is -0.985. The van der Waals surface area contributed by atoms with Crippen molar-refractivity contribution in [2.75, 3.05) is 0 Å². The molecular weight excluding hydrogens is 213 g/mol. The van der Waals surface area contributed by atoms with Crippen LogP contribution < -0.4 is 5.09 Å². The molecule has 1 atom stereocenters.